The van der Waals surface area contributed by atoms with Crippen LogP contribution >= 0.6 is 12.2 Å². The first kappa shape index (κ1) is 12.2. The van der Waals surface area contributed by atoms with Gasteiger partial charge in [0.2, 0.25) is 0 Å². The molecule has 5 heteroatoms. The van der Waals surface area contributed by atoms with Gasteiger partial charge in [-0.1, -0.05) is 42.5 Å². The number of fused-ring (bicyclic) bond motifs is 4. The van der Waals surface area contributed by atoms with E-state index in [1.165, 1.54) is 0 Å². The van der Waals surface area contributed by atoms with E-state index in [2.05, 4.69) is 6.07 Å². The second kappa shape index (κ2) is 4.49. The Morgan fingerprint density at radius 2 is 1.67 bits per heavy atom. The Balaban J connectivity index is 2.20. The van der Waals surface area contributed by atoms with Crippen molar-refractivity contribution in [3.8, 4) is 0 Å². The van der Waals surface area contributed by atoms with Crippen LogP contribution in [0.2, 0.25) is 0 Å². The van der Waals surface area contributed by atoms with Crippen molar-refractivity contribution in [3.05, 3.63) is 48.5 Å². The molecule has 0 unspecified atom stereocenters. The predicted octanol–water partition coefficient (Wildman–Crippen LogP) is 3.02. The highest BCUT2D eigenvalue weighted by molar-refractivity contribution is 7.80. The summed E-state index contributed by atoms with van der Waals surface area (Å²) in [5, 5.41) is 1.07. The molecule has 2 heterocycles. The van der Waals surface area contributed by atoms with Gasteiger partial charge in [0.1, 0.15) is 5.52 Å². The summed E-state index contributed by atoms with van der Waals surface area (Å²) in [6.07, 6.45) is 0. The van der Waals surface area contributed by atoms with Gasteiger partial charge in [-0.25, -0.2) is 9.97 Å². The zero-order valence-electron chi connectivity index (χ0n) is 11.2. The van der Waals surface area contributed by atoms with Gasteiger partial charge >= 0.3 is 0 Å². The fourth-order valence-electron chi connectivity index (χ4n) is 2.70. The first-order valence-corrected chi connectivity index (χ1v) is 7.07. The molecule has 4 rings (SSSR count). The van der Waals surface area contributed by atoms with E-state index in [-0.39, 0.29) is 0 Å². The van der Waals surface area contributed by atoms with Gasteiger partial charge in [-0.3, -0.25) is 0 Å². The maximum absolute atomic E-state index is 5.74. The predicted molar refractivity (Wildman–Crippen MR) is 89.3 cm³/mol. The average molecular weight is 292 g/mol. The third kappa shape index (κ3) is 1.86. The molecule has 0 aliphatic rings. The van der Waals surface area contributed by atoms with Gasteiger partial charge < -0.3 is 10.3 Å². The van der Waals surface area contributed by atoms with Crippen LogP contribution in [0.15, 0.2) is 48.5 Å². The molecule has 0 saturated heterocycles. The van der Waals surface area contributed by atoms with Crippen molar-refractivity contribution in [3.63, 3.8) is 0 Å². The van der Waals surface area contributed by atoms with Crippen molar-refractivity contribution in [2.75, 3.05) is 0 Å². The van der Waals surface area contributed by atoms with Crippen LogP contribution in [0.25, 0.3) is 33.1 Å². The molecule has 21 heavy (non-hydrogen) atoms. The average Bonchev–Trinajstić information content (AvgIpc) is 2.79. The number of nitrogens with zero attached hydrogens (tertiary/aromatic N) is 3. The number of rotatable bonds is 2. The molecule has 4 aromatic rings. The summed E-state index contributed by atoms with van der Waals surface area (Å²) in [6, 6.07) is 16.0. The summed E-state index contributed by atoms with van der Waals surface area (Å²) in [6.45, 7) is 0.465. The summed E-state index contributed by atoms with van der Waals surface area (Å²) < 4.78 is 2.03. The number of hydrogen-bond donors (Lipinski definition) is 1. The van der Waals surface area contributed by atoms with Gasteiger partial charge in [0, 0.05) is 5.39 Å². The zero-order chi connectivity index (χ0) is 14.4. The second-order valence-electron chi connectivity index (χ2n) is 4.95. The molecule has 0 fully saturated rings. The fraction of sp³-hybridized carbons (Fsp3) is 0.0625. The van der Waals surface area contributed by atoms with E-state index in [9.17, 15) is 0 Å². The standard InChI is InChI=1S/C16H12N4S/c17-14(21)9-20-13-8-4-1-5-10(13)15-16(20)19-12-7-3-2-6-11(12)18-15/h1-8H,9H2,(H2,17,21). The molecular formula is C16H12N4S. The molecule has 2 aromatic carbocycles. The SMILES string of the molecule is NC(=S)Cn1c2ccccc2c2nc3ccccc3nc21. The summed E-state index contributed by atoms with van der Waals surface area (Å²) >= 11 is 5.07. The maximum atomic E-state index is 5.74. The van der Waals surface area contributed by atoms with Crippen molar-refractivity contribution < 1.29 is 0 Å². The molecule has 2 N–H and O–H groups in total. The molecule has 4 nitrogen and oxygen atoms in total. The monoisotopic (exact) mass is 292 g/mol. The van der Waals surface area contributed by atoms with Crippen LogP contribution < -0.4 is 5.73 Å². The number of nitrogens with two attached hydrogens (primary N) is 1. The minimum atomic E-state index is 0.438. The van der Waals surface area contributed by atoms with Crippen LogP contribution in [0, 0.1) is 0 Å². The van der Waals surface area contributed by atoms with Crippen LogP contribution in [-0.2, 0) is 6.54 Å². The largest absolute Gasteiger partial charge is 0.392 e. The minimum Gasteiger partial charge on any atom is -0.392 e. The lowest BCUT2D eigenvalue weighted by atomic mass is 10.2. The third-order valence-corrected chi connectivity index (χ3v) is 3.70. The molecule has 2 aromatic heterocycles. The Bertz CT molecular complexity index is 1000. The number of hydrogen-bond acceptors (Lipinski definition) is 3. The van der Waals surface area contributed by atoms with Gasteiger partial charge in [0.15, 0.2) is 5.65 Å². The van der Waals surface area contributed by atoms with Crippen molar-refractivity contribution in [1.82, 2.24) is 14.5 Å². The number of para-hydroxylation sites is 3. The topological polar surface area (TPSA) is 56.7 Å². The molecule has 0 bridgehead atoms. The maximum Gasteiger partial charge on any atom is 0.160 e. The van der Waals surface area contributed by atoms with Crippen molar-refractivity contribution in [1.29, 1.82) is 0 Å². The Morgan fingerprint density at radius 3 is 2.43 bits per heavy atom. The highest BCUT2D eigenvalue weighted by atomic mass is 32.1. The number of aromatic nitrogens is 3. The summed E-state index contributed by atoms with van der Waals surface area (Å²) in [4.78, 5) is 9.96. The van der Waals surface area contributed by atoms with E-state index in [4.69, 9.17) is 27.9 Å². The molecule has 0 aliphatic heterocycles. The zero-order valence-corrected chi connectivity index (χ0v) is 12.0. The summed E-state index contributed by atoms with van der Waals surface area (Å²) in [5.74, 6) is 0. The van der Waals surface area contributed by atoms with E-state index < -0.39 is 0 Å². The van der Waals surface area contributed by atoms with Crippen LogP contribution in [-0.4, -0.2) is 19.5 Å². The van der Waals surface area contributed by atoms with Crippen LogP contribution in [0.1, 0.15) is 0 Å². The molecular weight excluding hydrogens is 280 g/mol. The fourth-order valence-corrected chi connectivity index (χ4v) is 2.83. The molecule has 0 saturated carbocycles. The van der Waals surface area contributed by atoms with Crippen molar-refractivity contribution >= 4 is 50.3 Å². The van der Waals surface area contributed by atoms with Gasteiger partial charge in [0.05, 0.1) is 28.1 Å². The highest BCUT2D eigenvalue weighted by Gasteiger charge is 2.14. The van der Waals surface area contributed by atoms with Gasteiger partial charge in [-0.15, -0.1) is 0 Å². The molecule has 102 valence electrons. The number of benzene rings is 2. The normalized spacial score (nSPS) is 11.4. The van der Waals surface area contributed by atoms with Crippen molar-refractivity contribution in [2.24, 2.45) is 5.73 Å². The second-order valence-corrected chi connectivity index (χ2v) is 5.48. The molecule has 0 aliphatic carbocycles. The summed E-state index contributed by atoms with van der Waals surface area (Å²) in [7, 11) is 0. The highest BCUT2D eigenvalue weighted by Crippen LogP contribution is 2.27. The van der Waals surface area contributed by atoms with Crippen LogP contribution in [0.4, 0.5) is 0 Å². The van der Waals surface area contributed by atoms with Gasteiger partial charge in [-0.2, -0.15) is 0 Å². The quantitative estimate of drug-likeness (QED) is 0.577. The Labute approximate surface area is 126 Å². The first-order chi connectivity index (χ1) is 10.2. The lowest BCUT2D eigenvalue weighted by molar-refractivity contribution is 0.923. The lowest BCUT2D eigenvalue weighted by Gasteiger charge is -2.05. The molecule has 0 atom stereocenters. The first-order valence-electron chi connectivity index (χ1n) is 6.66. The van der Waals surface area contributed by atoms with Gasteiger partial charge in [0.25, 0.3) is 0 Å². The summed E-state index contributed by atoms with van der Waals surface area (Å²) in [5.41, 5.74) is 10.3. The molecule has 0 radical (unpaired) electrons. The smallest absolute Gasteiger partial charge is 0.160 e. The molecule has 0 spiro atoms. The Kier molecular flexibility index (Phi) is 2.62. The minimum absolute atomic E-state index is 0.438. The van der Waals surface area contributed by atoms with E-state index >= 15 is 0 Å². The third-order valence-electron chi connectivity index (χ3n) is 3.57. The Morgan fingerprint density at radius 1 is 1.00 bits per heavy atom. The lowest BCUT2D eigenvalue weighted by Crippen LogP contribution is -2.16. The van der Waals surface area contributed by atoms with Crippen molar-refractivity contribution in [2.45, 2.75) is 6.54 Å². The van der Waals surface area contributed by atoms with Crippen LogP contribution in [0.3, 0.4) is 0 Å². The molecule has 0 amide bonds. The van der Waals surface area contributed by atoms with Crippen LogP contribution in [0.5, 0.6) is 0 Å². The van der Waals surface area contributed by atoms with E-state index in [1.54, 1.807) is 0 Å². The number of thiocarbonyl (C=S) groups is 1. The van der Waals surface area contributed by atoms with E-state index in [1.807, 2.05) is 47.0 Å². The Hall–Kier alpha value is -2.53. The van der Waals surface area contributed by atoms with E-state index in [0.29, 0.717) is 11.5 Å². The van der Waals surface area contributed by atoms with Gasteiger partial charge in [-0.05, 0) is 18.2 Å². The van der Waals surface area contributed by atoms with E-state index in [0.717, 1.165) is 33.1 Å².